The van der Waals surface area contributed by atoms with E-state index < -0.39 is 10.0 Å². The van der Waals surface area contributed by atoms with Gasteiger partial charge in [-0.2, -0.15) is 0 Å². The van der Waals surface area contributed by atoms with Crippen LogP contribution in [0.25, 0.3) is 0 Å². The van der Waals surface area contributed by atoms with Crippen molar-refractivity contribution in [2.24, 2.45) is 11.8 Å². The smallest absolute Gasteiger partial charge is 0.212 e. The highest BCUT2D eigenvalue weighted by atomic mass is 32.2. The van der Waals surface area contributed by atoms with Crippen LogP contribution in [0.15, 0.2) is 24.3 Å². The Bertz CT molecular complexity index is 538. The molecule has 4 heteroatoms. The number of nitrogens with zero attached hydrogens (tertiary/aromatic N) is 1. The van der Waals surface area contributed by atoms with Crippen molar-refractivity contribution in [1.82, 2.24) is 4.31 Å². The van der Waals surface area contributed by atoms with Gasteiger partial charge in [-0.1, -0.05) is 36.2 Å². The van der Waals surface area contributed by atoms with E-state index in [9.17, 15) is 8.42 Å². The molecule has 0 aromatic heterocycles. The first-order chi connectivity index (χ1) is 9.04. The lowest BCUT2D eigenvalue weighted by molar-refractivity contribution is 0.445. The molecule has 1 aliphatic heterocycles. The first-order valence-electron chi connectivity index (χ1n) is 7.08. The van der Waals surface area contributed by atoms with Gasteiger partial charge in [0, 0.05) is 13.1 Å². The number of fused-ring (bicyclic) bond motifs is 1. The SMILES string of the molecule is Cc1ccc(CS(=O)(=O)N2CC3CCCC3C2)cc1. The van der Waals surface area contributed by atoms with Gasteiger partial charge >= 0.3 is 0 Å². The Balaban J connectivity index is 1.71. The standard InChI is InChI=1S/C15H21NO2S/c1-12-5-7-13(8-6-12)11-19(17,18)16-9-14-3-2-4-15(14)10-16/h5-8,14-15H,2-4,9-11H2,1H3. The van der Waals surface area contributed by atoms with Gasteiger partial charge in [0.25, 0.3) is 0 Å². The average molecular weight is 279 g/mol. The average Bonchev–Trinajstić information content (AvgIpc) is 2.92. The lowest BCUT2D eigenvalue weighted by Gasteiger charge is -2.17. The third-order valence-corrected chi connectivity index (χ3v) is 6.34. The molecule has 1 heterocycles. The number of aryl methyl sites for hydroxylation is 1. The zero-order valence-corrected chi connectivity index (χ0v) is 12.2. The molecule has 0 N–H and O–H groups in total. The summed E-state index contributed by atoms with van der Waals surface area (Å²) in [5, 5.41) is 0. The highest BCUT2D eigenvalue weighted by Crippen LogP contribution is 2.39. The van der Waals surface area contributed by atoms with Gasteiger partial charge < -0.3 is 0 Å². The molecule has 2 atom stereocenters. The fourth-order valence-corrected chi connectivity index (χ4v) is 5.04. The van der Waals surface area contributed by atoms with E-state index in [0.717, 1.165) is 24.2 Å². The quantitative estimate of drug-likeness (QED) is 0.852. The van der Waals surface area contributed by atoms with Gasteiger partial charge in [-0.25, -0.2) is 12.7 Å². The molecule has 0 radical (unpaired) electrons. The van der Waals surface area contributed by atoms with Crippen molar-refractivity contribution in [1.29, 1.82) is 0 Å². The van der Waals surface area contributed by atoms with Crippen LogP contribution in [-0.2, 0) is 15.8 Å². The summed E-state index contributed by atoms with van der Waals surface area (Å²) in [4.78, 5) is 0. The Morgan fingerprint density at radius 2 is 1.68 bits per heavy atom. The Labute approximate surface area is 115 Å². The van der Waals surface area contributed by atoms with Gasteiger partial charge in [-0.05, 0) is 37.2 Å². The molecule has 3 rings (SSSR count). The van der Waals surface area contributed by atoms with E-state index in [1.807, 2.05) is 31.2 Å². The molecule has 1 saturated carbocycles. The van der Waals surface area contributed by atoms with Crippen LogP contribution in [0, 0.1) is 18.8 Å². The predicted octanol–water partition coefficient (Wildman–Crippen LogP) is 2.56. The highest BCUT2D eigenvalue weighted by Gasteiger charge is 2.40. The Morgan fingerprint density at radius 1 is 1.11 bits per heavy atom. The second-order valence-corrected chi connectivity index (χ2v) is 7.98. The van der Waals surface area contributed by atoms with E-state index in [1.165, 1.54) is 19.3 Å². The van der Waals surface area contributed by atoms with E-state index in [2.05, 4.69) is 0 Å². The van der Waals surface area contributed by atoms with Crippen LogP contribution >= 0.6 is 0 Å². The van der Waals surface area contributed by atoms with E-state index in [0.29, 0.717) is 11.8 Å². The molecule has 1 aromatic rings. The molecule has 104 valence electrons. The molecule has 2 unspecified atom stereocenters. The van der Waals surface area contributed by atoms with Gasteiger partial charge in [-0.3, -0.25) is 0 Å². The summed E-state index contributed by atoms with van der Waals surface area (Å²) < 4.78 is 26.6. The number of hydrogen-bond acceptors (Lipinski definition) is 2. The van der Waals surface area contributed by atoms with Crippen LogP contribution in [0.5, 0.6) is 0 Å². The van der Waals surface area contributed by atoms with Crippen molar-refractivity contribution in [3.8, 4) is 0 Å². The van der Waals surface area contributed by atoms with Crippen molar-refractivity contribution in [3.63, 3.8) is 0 Å². The molecule has 1 aromatic carbocycles. The second kappa shape index (κ2) is 4.91. The monoisotopic (exact) mass is 279 g/mol. The van der Waals surface area contributed by atoms with E-state index in [1.54, 1.807) is 4.31 Å². The molecular weight excluding hydrogens is 258 g/mol. The van der Waals surface area contributed by atoms with Crippen molar-refractivity contribution in [2.45, 2.75) is 31.9 Å². The summed E-state index contributed by atoms with van der Waals surface area (Å²) in [7, 11) is -3.13. The fraction of sp³-hybridized carbons (Fsp3) is 0.600. The van der Waals surface area contributed by atoms with Gasteiger partial charge in [0.05, 0.1) is 5.75 Å². The molecule has 3 nitrogen and oxygen atoms in total. The fourth-order valence-electron chi connectivity index (χ4n) is 3.41. The number of benzene rings is 1. The molecule has 0 amide bonds. The largest absolute Gasteiger partial charge is 0.218 e. The third-order valence-electron chi connectivity index (χ3n) is 4.56. The lowest BCUT2D eigenvalue weighted by Crippen LogP contribution is -2.30. The molecule has 0 bridgehead atoms. The van der Waals surface area contributed by atoms with Crippen molar-refractivity contribution < 1.29 is 8.42 Å². The zero-order valence-electron chi connectivity index (χ0n) is 11.4. The van der Waals surface area contributed by atoms with Gasteiger partial charge in [-0.15, -0.1) is 0 Å². The minimum absolute atomic E-state index is 0.146. The van der Waals surface area contributed by atoms with Crippen LogP contribution in [0.1, 0.15) is 30.4 Å². The molecule has 2 aliphatic rings. The van der Waals surface area contributed by atoms with Crippen LogP contribution < -0.4 is 0 Å². The second-order valence-electron chi connectivity index (χ2n) is 6.01. The van der Waals surface area contributed by atoms with Crippen molar-refractivity contribution in [3.05, 3.63) is 35.4 Å². The summed E-state index contributed by atoms with van der Waals surface area (Å²) >= 11 is 0. The van der Waals surface area contributed by atoms with Gasteiger partial charge in [0.15, 0.2) is 0 Å². The highest BCUT2D eigenvalue weighted by molar-refractivity contribution is 7.88. The van der Waals surface area contributed by atoms with Crippen molar-refractivity contribution >= 4 is 10.0 Å². The van der Waals surface area contributed by atoms with E-state index >= 15 is 0 Å². The molecule has 1 aliphatic carbocycles. The maximum absolute atomic E-state index is 12.4. The van der Waals surface area contributed by atoms with Crippen LogP contribution in [0.3, 0.4) is 0 Å². The molecular formula is C15H21NO2S. The lowest BCUT2D eigenvalue weighted by atomic mass is 10.0. The summed E-state index contributed by atoms with van der Waals surface area (Å²) in [6.07, 6.45) is 3.70. The van der Waals surface area contributed by atoms with E-state index in [-0.39, 0.29) is 5.75 Å². The van der Waals surface area contributed by atoms with Gasteiger partial charge in [0.1, 0.15) is 0 Å². The molecule has 0 spiro atoms. The van der Waals surface area contributed by atoms with Crippen LogP contribution in [-0.4, -0.2) is 25.8 Å². The Morgan fingerprint density at radius 3 is 2.26 bits per heavy atom. The minimum Gasteiger partial charge on any atom is -0.212 e. The summed E-state index contributed by atoms with van der Waals surface area (Å²) in [5.41, 5.74) is 2.06. The normalized spacial score (nSPS) is 27.6. The Hall–Kier alpha value is -0.870. The minimum atomic E-state index is -3.13. The molecule has 19 heavy (non-hydrogen) atoms. The molecule has 1 saturated heterocycles. The summed E-state index contributed by atoms with van der Waals surface area (Å²) in [6.45, 7) is 3.51. The van der Waals surface area contributed by atoms with Gasteiger partial charge in [0.2, 0.25) is 10.0 Å². The van der Waals surface area contributed by atoms with Crippen LogP contribution in [0.2, 0.25) is 0 Å². The maximum Gasteiger partial charge on any atom is 0.218 e. The van der Waals surface area contributed by atoms with Crippen LogP contribution in [0.4, 0.5) is 0 Å². The maximum atomic E-state index is 12.4. The number of hydrogen-bond donors (Lipinski definition) is 0. The Kier molecular flexibility index (Phi) is 3.39. The predicted molar refractivity (Wildman–Crippen MR) is 76.2 cm³/mol. The number of rotatable bonds is 3. The van der Waals surface area contributed by atoms with E-state index in [4.69, 9.17) is 0 Å². The first-order valence-corrected chi connectivity index (χ1v) is 8.69. The van der Waals surface area contributed by atoms with Crippen molar-refractivity contribution in [2.75, 3.05) is 13.1 Å². The first kappa shape index (κ1) is 13.1. The topological polar surface area (TPSA) is 37.4 Å². The number of sulfonamides is 1. The third kappa shape index (κ3) is 2.70. The zero-order chi connectivity index (χ0) is 13.5. The summed E-state index contributed by atoms with van der Waals surface area (Å²) in [5.74, 6) is 1.38. The summed E-state index contributed by atoms with van der Waals surface area (Å²) in [6, 6.07) is 7.79. The molecule has 2 fully saturated rings.